The number of likely N-dealkylation sites (tertiary alicyclic amines) is 1. The van der Waals surface area contributed by atoms with Crippen molar-refractivity contribution in [2.75, 3.05) is 19.7 Å². The van der Waals surface area contributed by atoms with Gasteiger partial charge in [0.1, 0.15) is 22.1 Å². The standard InChI is InChI=1S/C22H29N3O4S/c1-5-28-17-8-6-15(7-9-17)20-24-18(14-30-20)19(26)23-16-10-12-25(13-11-16)21(27)29-22(2,3)4/h6-9,14,16H,5,10-13H2,1-4H3,(H,23,26). The molecule has 7 nitrogen and oxygen atoms in total. The predicted molar refractivity (Wildman–Crippen MR) is 117 cm³/mol. The van der Waals surface area contributed by atoms with Gasteiger partial charge in [-0.3, -0.25) is 4.79 Å². The fourth-order valence-corrected chi connectivity index (χ4v) is 3.97. The van der Waals surface area contributed by atoms with Gasteiger partial charge in [0.15, 0.2) is 0 Å². The summed E-state index contributed by atoms with van der Waals surface area (Å²) in [7, 11) is 0. The van der Waals surface area contributed by atoms with Crippen LogP contribution in [0, 0.1) is 0 Å². The number of aromatic nitrogens is 1. The third kappa shape index (κ3) is 5.95. The average molecular weight is 432 g/mol. The molecular formula is C22H29N3O4S. The molecule has 1 fully saturated rings. The van der Waals surface area contributed by atoms with Crippen molar-refractivity contribution in [2.45, 2.75) is 52.2 Å². The third-order valence-corrected chi connectivity index (χ3v) is 5.52. The van der Waals surface area contributed by atoms with Gasteiger partial charge in [0.05, 0.1) is 6.61 Å². The van der Waals surface area contributed by atoms with E-state index in [1.165, 1.54) is 11.3 Å². The van der Waals surface area contributed by atoms with Crippen molar-refractivity contribution in [3.8, 4) is 16.3 Å². The van der Waals surface area contributed by atoms with E-state index in [0.717, 1.165) is 16.3 Å². The number of ether oxygens (including phenoxy) is 2. The van der Waals surface area contributed by atoms with E-state index >= 15 is 0 Å². The third-order valence-electron chi connectivity index (χ3n) is 4.63. The quantitative estimate of drug-likeness (QED) is 0.762. The zero-order valence-corrected chi connectivity index (χ0v) is 18.8. The molecule has 1 saturated heterocycles. The Morgan fingerprint density at radius 2 is 1.87 bits per heavy atom. The van der Waals surface area contributed by atoms with Crippen molar-refractivity contribution < 1.29 is 19.1 Å². The molecule has 0 atom stereocenters. The SMILES string of the molecule is CCOc1ccc(-c2nc(C(=O)NC3CCN(C(=O)OC(C)(C)C)CC3)cs2)cc1. The largest absolute Gasteiger partial charge is 0.494 e. The first kappa shape index (κ1) is 22.1. The zero-order chi connectivity index (χ0) is 21.7. The Morgan fingerprint density at radius 3 is 2.47 bits per heavy atom. The molecule has 2 amide bonds. The number of carbonyl (C=O) groups is 2. The normalized spacial score (nSPS) is 15.0. The Bertz CT molecular complexity index is 865. The molecule has 0 aliphatic carbocycles. The zero-order valence-electron chi connectivity index (χ0n) is 17.9. The molecule has 1 aromatic carbocycles. The van der Waals surface area contributed by atoms with Crippen molar-refractivity contribution in [2.24, 2.45) is 0 Å². The van der Waals surface area contributed by atoms with Crippen LogP contribution in [-0.2, 0) is 4.74 Å². The maximum atomic E-state index is 12.6. The van der Waals surface area contributed by atoms with Crippen LogP contribution in [0.4, 0.5) is 4.79 Å². The Hall–Kier alpha value is -2.61. The van der Waals surface area contributed by atoms with E-state index in [4.69, 9.17) is 9.47 Å². The minimum Gasteiger partial charge on any atom is -0.494 e. The summed E-state index contributed by atoms with van der Waals surface area (Å²) in [4.78, 5) is 30.9. The first-order valence-electron chi connectivity index (χ1n) is 10.2. The number of nitrogens with zero attached hydrogens (tertiary/aromatic N) is 2. The number of carbonyl (C=O) groups excluding carboxylic acids is 2. The highest BCUT2D eigenvalue weighted by atomic mass is 32.1. The van der Waals surface area contributed by atoms with Gasteiger partial charge in [-0.2, -0.15) is 0 Å². The van der Waals surface area contributed by atoms with Gasteiger partial charge >= 0.3 is 6.09 Å². The van der Waals surface area contributed by atoms with Crippen LogP contribution in [0.2, 0.25) is 0 Å². The number of thiazole rings is 1. The molecule has 162 valence electrons. The molecular weight excluding hydrogens is 402 g/mol. The number of hydrogen-bond donors (Lipinski definition) is 1. The lowest BCUT2D eigenvalue weighted by Gasteiger charge is -2.33. The van der Waals surface area contributed by atoms with Gasteiger partial charge in [-0.25, -0.2) is 9.78 Å². The van der Waals surface area contributed by atoms with Crippen LogP contribution in [-0.4, -0.2) is 53.2 Å². The van der Waals surface area contributed by atoms with Crippen LogP contribution in [0.5, 0.6) is 5.75 Å². The van der Waals surface area contributed by atoms with Crippen LogP contribution >= 0.6 is 11.3 Å². The summed E-state index contributed by atoms with van der Waals surface area (Å²) >= 11 is 1.44. The van der Waals surface area contributed by atoms with E-state index in [0.29, 0.717) is 38.2 Å². The summed E-state index contributed by atoms with van der Waals surface area (Å²) in [6.45, 7) is 9.26. The average Bonchev–Trinajstić information content (AvgIpc) is 3.18. The van der Waals surface area contributed by atoms with Crippen LogP contribution in [0.15, 0.2) is 29.6 Å². The van der Waals surface area contributed by atoms with Gasteiger partial charge in [0, 0.05) is 30.1 Å². The summed E-state index contributed by atoms with van der Waals surface area (Å²) in [5, 5.41) is 5.61. The van der Waals surface area contributed by atoms with Gasteiger partial charge in [0.25, 0.3) is 5.91 Å². The predicted octanol–water partition coefficient (Wildman–Crippen LogP) is 4.34. The molecule has 0 radical (unpaired) electrons. The van der Waals surface area contributed by atoms with Crippen molar-refractivity contribution in [1.29, 1.82) is 0 Å². The van der Waals surface area contributed by atoms with Gasteiger partial charge in [-0.05, 0) is 64.8 Å². The number of piperidine rings is 1. The first-order chi connectivity index (χ1) is 14.2. The lowest BCUT2D eigenvalue weighted by molar-refractivity contribution is 0.0199. The molecule has 1 aliphatic heterocycles. The number of nitrogens with one attached hydrogen (secondary N) is 1. The molecule has 2 heterocycles. The molecule has 1 N–H and O–H groups in total. The van der Waals surface area contributed by atoms with Crippen molar-refractivity contribution in [3.63, 3.8) is 0 Å². The fourth-order valence-electron chi connectivity index (χ4n) is 3.16. The maximum absolute atomic E-state index is 12.6. The molecule has 0 bridgehead atoms. The Labute approximate surface area is 181 Å². The summed E-state index contributed by atoms with van der Waals surface area (Å²) in [5.41, 5.74) is 0.861. The Balaban J connectivity index is 1.52. The Kier molecular flexibility index (Phi) is 6.97. The summed E-state index contributed by atoms with van der Waals surface area (Å²) in [5.74, 6) is 0.632. The molecule has 1 aliphatic rings. The molecule has 3 rings (SSSR count). The van der Waals surface area contributed by atoms with Crippen molar-refractivity contribution >= 4 is 23.3 Å². The van der Waals surface area contributed by atoms with E-state index in [2.05, 4.69) is 10.3 Å². The van der Waals surface area contributed by atoms with E-state index in [9.17, 15) is 9.59 Å². The Morgan fingerprint density at radius 1 is 1.20 bits per heavy atom. The van der Waals surface area contributed by atoms with E-state index < -0.39 is 5.60 Å². The van der Waals surface area contributed by atoms with Crippen molar-refractivity contribution in [1.82, 2.24) is 15.2 Å². The minimum atomic E-state index is -0.506. The smallest absolute Gasteiger partial charge is 0.410 e. The van der Waals surface area contributed by atoms with E-state index in [-0.39, 0.29) is 18.0 Å². The van der Waals surface area contributed by atoms with Crippen molar-refractivity contribution in [3.05, 3.63) is 35.3 Å². The van der Waals surface area contributed by atoms with Gasteiger partial charge < -0.3 is 19.7 Å². The van der Waals surface area contributed by atoms with E-state index in [1.807, 2.05) is 52.0 Å². The second-order valence-corrected chi connectivity index (χ2v) is 9.07. The molecule has 0 saturated carbocycles. The van der Waals surface area contributed by atoms with Gasteiger partial charge in [0.2, 0.25) is 0 Å². The first-order valence-corrected chi connectivity index (χ1v) is 11.1. The molecule has 1 aromatic heterocycles. The van der Waals surface area contributed by atoms with Gasteiger partial charge in [-0.15, -0.1) is 11.3 Å². The van der Waals surface area contributed by atoms with E-state index in [1.54, 1.807) is 10.3 Å². The highest BCUT2D eigenvalue weighted by molar-refractivity contribution is 7.13. The lowest BCUT2D eigenvalue weighted by Crippen LogP contribution is -2.47. The second-order valence-electron chi connectivity index (χ2n) is 8.21. The highest BCUT2D eigenvalue weighted by Gasteiger charge is 2.28. The summed E-state index contributed by atoms with van der Waals surface area (Å²) in [6.07, 6.45) is 1.09. The number of amides is 2. The minimum absolute atomic E-state index is 0.0202. The molecule has 30 heavy (non-hydrogen) atoms. The van der Waals surface area contributed by atoms with Crippen LogP contribution < -0.4 is 10.1 Å². The summed E-state index contributed by atoms with van der Waals surface area (Å²) < 4.78 is 10.9. The molecule has 8 heteroatoms. The maximum Gasteiger partial charge on any atom is 0.410 e. The molecule has 0 spiro atoms. The van der Waals surface area contributed by atoms with Crippen LogP contribution in [0.25, 0.3) is 10.6 Å². The molecule has 0 unspecified atom stereocenters. The second kappa shape index (κ2) is 9.47. The monoisotopic (exact) mass is 431 g/mol. The van der Waals surface area contributed by atoms with Crippen LogP contribution in [0.1, 0.15) is 51.0 Å². The van der Waals surface area contributed by atoms with Crippen LogP contribution in [0.3, 0.4) is 0 Å². The highest BCUT2D eigenvalue weighted by Crippen LogP contribution is 2.26. The summed E-state index contributed by atoms with van der Waals surface area (Å²) in [6, 6.07) is 7.71. The topological polar surface area (TPSA) is 80.8 Å². The number of benzene rings is 1. The fraction of sp³-hybridized carbons (Fsp3) is 0.500. The number of rotatable bonds is 5. The van der Waals surface area contributed by atoms with Gasteiger partial charge in [-0.1, -0.05) is 0 Å². The molecule has 2 aromatic rings. The lowest BCUT2D eigenvalue weighted by atomic mass is 10.1. The number of hydrogen-bond acceptors (Lipinski definition) is 6.